The SMILES string of the molecule is CCCCCCCC(C)(C)c1ccc(C2CCC[C@H](O)C2)cc1. The Balaban J connectivity index is 1.89. The fourth-order valence-electron chi connectivity index (χ4n) is 3.99. The van der Waals surface area contributed by atoms with Crippen LogP contribution in [-0.2, 0) is 5.41 Å². The van der Waals surface area contributed by atoms with E-state index < -0.39 is 0 Å². The number of aliphatic hydroxyl groups excluding tert-OH is 1. The Morgan fingerprint density at radius 3 is 2.35 bits per heavy atom. The maximum absolute atomic E-state index is 9.88. The van der Waals surface area contributed by atoms with Gasteiger partial charge in [0.1, 0.15) is 0 Å². The van der Waals surface area contributed by atoms with Crippen molar-refractivity contribution in [3.05, 3.63) is 35.4 Å². The minimum absolute atomic E-state index is 0.0898. The molecule has 23 heavy (non-hydrogen) atoms. The summed E-state index contributed by atoms with van der Waals surface area (Å²) >= 11 is 0. The van der Waals surface area contributed by atoms with Crippen LogP contribution >= 0.6 is 0 Å². The van der Waals surface area contributed by atoms with Crippen LogP contribution in [0.25, 0.3) is 0 Å². The van der Waals surface area contributed by atoms with E-state index >= 15 is 0 Å². The number of rotatable bonds is 8. The number of hydrogen-bond acceptors (Lipinski definition) is 1. The summed E-state index contributed by atoms with van der Waals surface area (Å²) in [5.41, 5.74) is 3.16. The van der Waals surface area contributed by atoms with Gasteiger partial charge in [-0.2, -0.15) is 0 Å². The van der Waals surface area contributed by atoms with Gasteiger partial charge < -0.3 is 5.11 Å². The Hall–Kier alpha value is -0.820. The van der Waals surface area contributed by atoms with Crippen molar-refractivity contribution in [3.8, 4) is 0 Å². The smallest absolute Gasteiger partial charge is 0.0546 e. The molecule has 2 atom stereocenters. The summed E-state index contributed by atoms with van der Waals surface area (Å²) in [5.74, 6) is 0.560. The van der Waals surface area contributed by atoms with E-state index in [-0.39, 0.29) is 11.5 Å². The summed E-state index contributed by atoms with van der Waals surface area (Å²) < 4.78 is 0. The Morgan fingerprint density at radius 1 is 1.00 bits per heavy atom. The molecular formula is C22H36O. The normalized spacial score (nSPS) is 22.3. The van der Waals surface area contributed by atoms with Crippen LogP contribution < -0.4 is 0 Å². The molecule has 0 spiro atoms. The standard InChI is InChI=1S/C22H36O/c1-4-5-6-7-8-16-22(2,3)20-14-12-18(13-15-20)19-10-9-11-21(23)17-19/h12-15,19,21,23H,4-11,16-17H2,1-3H3/t19?,21-/m0/s1. The number of hydrogen-bond donors (Lipinski definition) is 1. The van der Waals surface area contributed by atoms with Gasteiger partial charge in [-0.25, -0.2) is 0 Å². The fraction of sp³-hybridized carbons (Fsp3) is 0.727. The zero-order valence-electron chi connectivity index (χ0n) is 15.5. The van der Waals surface area contributed by atoms with Gasteiger partial charge in [-0.3, -0.25) is 0 Å². The van der Waals surface area contributed by atoms with E-state index in [4.69, 9.17) is 0 Å². The second kappa shape index (κ2) is 8.87. The van der Waals surface area contributed by atoms with E-state index in [0.717, 1.165) is 19.3 Å². The van der Waals surface area contributed by atoms with Gasteiger partial charge in [0, 0.05) is 0 Å². The molecule has 1 aromatic rings. The molecule has 0 aromatic heterocycles. The molecule has 0 amide bonds. The fourth-order valence-corrected chi connectivity index (χ4v) is 3.99. The molecular weight excluding hydrogens is 280 g/mol. The Bertz CT molecular complexity index is 446. The monoisotopic (exact) mass is 316 g/mol. The zero-order valence-corrected chi connectivity index (χ0v) is 15.5. The van der Waals surface area contributed by atoms with Crippen molar-refractivity contribution in [2.45, 2.75) is 102 Å². The predicted octanol–water partition coefficient (Wildman–Crippen LogP) is 6.34. The van der Waals surface area contributed by atoms with Crippen molar-refractivity contribution in [3.63, 3.8) is 0 Å². The lowest BCUT2D eigenvalue weighted by molar-refractivity contribution is 0.119. The van der Waals surface area contributed by atoms with Crippen molar-refractivity contribution in [1.82, 2.24) is 0 Å². The largest absolute Gasteiger partial charge is 0.393 e. The third kappa shape index (κ3) is 5.64. The molecule has 1 heteroatoms. The van der Waals surface area contributed by atoms with E-state index in [0.29, 0.717) is 5.92 Å². The van der Waals surface area contributed by atoms with Crippen LogP contribution in [0.5, 0.6) is 0 Å². The summed E-state index contributed by atoms with van der Waals surface area (Å²) in [6.45, 7) is 7.04. The molecule has 1 nitrogen and oxygen atoms in total. The third-order valence-electron chi connectivity index (χ3n) is 5.72. The second-order valence-electron chi connectivity index (χ2n) is 8.19. The molecule has 2 rings (SSSR count). The molecule has 130 valence electrons. The maximum atomic E-state index is 9.88. The molecule has 0 saturated heterocycles. The van der Waals surface area contributed by atoms with Gasteiger partial charge in [-0.1, -0.05) is 83.6 Å². The van der Waals surface area contributed by atoms with Crippen LogP contribution in [0.1, 0.15) is 102 Å². The third-order valence-corrected chi connectivity index (χ3v) is 5.72. The van der Waals surface area contributed by atoms with Gasteiger partial charge in [-0.15, -0.1) is 0 Å². The molecule has 0 aliphatic heterocycles. The molecule has 1 aromatic carbocycles. The van der Waals surface area contributed by atoms with Gasteiger partial charge in [0.15, 0.2) is 0 Å². The highest BCUT2D eigenvalue weighted by Gasteiger charge is 2.23. The maximum Gasteiger partial charge on any atom is 0.0546 e. The topological polar surface area (TPSA) is 20.2 Å². The van der Waals surface area contributed by atoms with E-state index in [1.165, 1.54) is 56.1 Å². The van der Waals surface area contributed by atoms with Crippen LogP contribution in [0, 0.1) is 0 Å². The van der Waals surface area contributed by atoms with Crippen molar-refractivity contribution in [2.75, 3.05) is 0 Å². The minimum Gasteiger partial charge on any atom is -0.393 e. The van der Waals surface area contributed by atoms with E-state index in [2.05, 4.69) is 45.0 Å². The van der Waals surface area contributed by atoms with Crippen LogP contribution in [-0.4, -0.2) is 11.2 Å². The van der Waals surface area contributed by atoms with Gasteiger partial charge >= 0.3 is 0 Å². The van der Waals surface area contributed by atoms with Crippen LogP contribution in [0.15, 0.2) is 24.3 Å². The highest BCUT2D eigenvalue weighted by atomic mass is 16.3. The van der Waals surface area contributed by atoms with Crippen LogP contribution in [0.3, 0.4) is 0 Å². The predicted molar refractivity (Wildman–Crippen MR) is 100 cm³/mol. The molecule has 1 aliphatic carbocycles. The minimum atomic E-state index is -0.0898. The average molecular weight is 317 g/mol. The number of aliphatic hydroxyl groups is 1. The van der Waals surface area contributed by atoms with Crippen molar-refractivity contribution in [2.24, 2.45) is 0 Å². The lowest BCUT2D eigenvalue weighted by Crippen LogP contribution is -2.19. The average Bonchev–Trinajstić information content (AvgIpc) is 2.55. The first-order valence-electron chi connectivity index (χ1n) is 9.81. The van der Waals surface area contributed by atoms with Crippen LogP contribution in [0.4, 0.5) is 0 Å². The number of benzene rings is 1. The Morgan fingerprint density at radius 2 is 1.70 bits per heavy atom. The highest BCUT2D eigenvalue weighted by molar-refractivity contribution is 5.30. The zero-order chi connectivity index (χ0) is 16.7. The van der Waals surface area contributed by atoms with E-state index in [1.807, 2.05) is 0 Å². The van der Waals surface area contributed by atoms with Gasteiger partial charge in [-0.05, 0) is 48.1 Å². The quantitative estimate of drug-likeness (QED) is 0.554. The molecule has 0 heterocycles. The first kappa shape index (κ1) is 18.5. The Kier molecular flexibility index (Phi) is 7.14. The molecule has 0 radical (unpaired) electrons. The van der Waals surface area contributed by atoms with Crippen molar-refractivity contribution >= 4 is 0 Å². The van der Waals surface area contributed by atoms with Gasteiger partial charge in [0.05, 0.1) is 6.10 Å². The summed E-state index contributed by atoms with van der Waals surface area (Å²) in [7, 11) is 0. The molecule has 1 N–H and O–H groups in total. The lowest BCUT2D eigenvalue weighted by Gasteiger charge is -2.28. The second-order valence-corrected chi connectivity index (χ2v) is 8.19. The van der Waals surface area contributed by atoms with Gasteiger partial charge in [0.25, 0.3) is 0 Å². The molecule has 1 fully saturated rings. The van der Waals surface area contributed by atoms with Crippen LogP contribution in [0.2, 0.25) is 0 Å². The molecule has 1 aliphatic rings. The van der Waals surface area contributed by atoms with Gasteiger partial charge in [0.2, 0.25) is 0 Å². The molecule has 1 saturated carbocycles. The van der Waals surface area contributed by atoms with Crippen molar-refractivity contribution < 1.29 is 5.11 Å². The summed E-state index contributed by atoms with van der Waals surface area (Å²) in [5, 5.41) is 9.88. The first-order chi connectivity index (χ1) is 11.0. The number of unbranched alkanes of at least 4 members (excludes halogenated alkanes) is 4. The first-order valence-corrected chi connectivity index (χ1v) is 9.81. The summed E-state index contributed by atoms with van der Waals surface area (Å²) in [4.78, 5) is 0. The van der Waals surface area contributed by atoms with Crippen molar-refractivity contribution in [1.29, 1.82) is 0 Å². The summed E-state index contributed by atoms with van der Waals surface area (Å²) in [6, 6.07) is 9.30. The molecule has 1 unspecified atom stereocenters. The van der Waals surface area contributed by atoms with E-state index in [9.17, 15) is 5.11 Å². The van der Waals surface area contributed by atoms with E-state index in [1.54, 1.807) is 0 Å². The molecule has 0 bridgehead atoms. The lowest BCUT2D eigenvalue weighted by atomic mass is 9.78. The Labute approximate surface area is 143 Å². The highest BCUT2D eigenvalue weighted by Crippen LogP contribution is 2.35. The summed E-state index contributed by atoms with van der Waals surface area (Å²) in [6.07, 6.45) is 12.3.